The fourth-order valence-electron chi connectivity index (χ4n) is 3.10. The summed E-state index contributed by atoms with van der Waals surface area (Å²) in [7, 11) is 1.72. The van der Waals surface area contributed by atoms with E-state index in [-0.39, 0.29) is 0 Å². The molecule has 0 bridgehead atoms. The van der Waals surface area contributed by atoms with Crippen molar-refractivity contribution in [3.63, 3.8) is 0 Å². The van der Waals surface area contributed by atoms with Crippen LogP contribution < -0.4 is 15.0 Å². The highest BCUT2D eigenvalue weighted by Crippen LogP contribution is 2.36. The molecule has 0 radical (unpaired) electrons. The molecule has 118 valence electrons. The van der Waals surface area contributed by atoms with Crippen molar-refractivity contribution in [1.82, 2.24) is 5.32 Å². The summed E-state index contributed by atoms with van der Waals surface area (Å²) in [6.45, 7) is 8.60. The van der Waals surface area contributed by atoms with Crippen molar-refractivity contribution in [1.29, 1.82) is 0 Å². The quantitative estimate of drug-likeness (QED) is 0.889. The van der Waals surface area contributed by atoms with Gasteiger partial charge in [0.15, 0.2) is 0 Å². The normalized spacial score (nSPS) is 22.4. The molecule has 1 aliphatic rings. The number of ether oxygens (including phenoxy) is 1. The maximum atomic E-state index is 6.24. The van der Waals surface area contributed by atoms with E-state index in [4.69, 9.17) is 16.3 Å². The lowest BCUT2D eigenvalue weighted by Gasteiger charge is -2.42. The number of halogens is 1. The van der Waals surface area contributed by atoms with Crippen LogP contribution in [0.25, 0.3) is 0 Å². The number of piperazine rings is 1. The van der Waals surface area contributed by atoms with Crippen LogP contribution in [0, 0.1) is 6.92 Å². The molecule has 0 saturated carbocycles. The van der Waals surface area contributed by atoms with E-state index in [0.29, 0.717) is 12.1 Å². The van der Waals surface area contributed by atoms with Crippen molar-refractivity contribution in [2.45, 2.75) is 52.1 Å². The molecule has 0 aliphatic carbocycles. The van der Waals surface area contributed by atoms with Gasteiger partial charge in [-0.3, -0.25) is 0 Å². The molecule has 1 aromatic rings. The van der Waals surface area contributed by atoms with Gasteiger partial charge in [-0.2, -0.15) is 0 Å². The summed E-state index contributed by atoms with van der Waals surface area (Å²) in [5, 5.41) is 4.44. The molecule has 3 nitrogen and oxygen atoms in total. The second-order valence-electron chi connectivity index (χ2n) is 5.88. The lowest BCUT2D eigenvalue weighted by molar-refractivity contribution is 0.361. The van der Waals surface area contributed by atoms with Crippen LogP contribution in [0.15, 0.2) is 12.1 Å². The van der Waals surface area contributed by atoms with Crippen LogP contribution in [-0.2, 0) is 0 Å². The maximum absolute atomic E-state index is 6.24. The van der Waals surface area contributed by atoms with Crippen molar-refractivity contribution >= 4 is 17.3 Å². The molecule has 2 atom stereocenters. The van der Waals surface area contributed by atoms with Gasteiger partial charge in [0.2, 0.25) is 0 Å². The average Bonchev–Trinajstić information content (AvgIpc) is 2.49. The van der Waals surface area contributed by atoms with Gasteiger partial charge in [0.05, 0.1) is 12.8 Å². The van der Waals surface area contributed by atoms with E-state index in [2.05, 4.69) is 37.1 Å². The molecular formula is C17H27ClN2O. The van der Waals surface area contributed by atoms with Crippen LogP contribution in [0.2, 0.25) is 5.02 Å². The van der Waals surface area contributed by atoms with Gasteiger partial charge in [-0.1, -0.05) is 31.9 Å². The minimum absolute atomic E-state index is 0.507. The van der Waals surface area contributed by atoms with Crippen LogP contribution in [0.4, 0.5) is 5.69 Å². The van der Waals surface area contributed by atoms with E-state index in [1.165, 1.54) is 18.5 Å². The SMILES string of the molecule is CCCC1CN(c2cc(C)c(Cl)cc2OC)C(CC)CN1. The van der Waals surface area contributed by atoms with E-state index in [9.17, 15) is 0 Å². The molecule has 1 saturated heterocycles. The number of benzene rings is 1. The minimum Gasteiger partial charge on any atom is -0.495 e. The zero-order valence-electron chi connectivity index (χ0n) is 13.6. The molecule has 2 unspecified atom stereocenters. The molecule has 0 amide bonds. The Hall–Kier alpha value is -0.930. The first-order chi connectivity index (χ1) is 10.1. The predicted octanol–water partition coefficient (Wildman–Crippen LogP) is 4.01. The summed E-state index contributed by atoms with van der Waals surface area (Å²) in [6, 6.07) is 5.17. The highest BCUT2D eigenvalue weighted by molar-refractivity contribution is 6.31. The van der Waals surface area contributed by atoms with E-state index >= 15 is 0 Å². The molecule has 4 heteroatoms. The van der Waals surface area contributed by atoms with Gasteiger partial charge in [0.25, 0.3) is 0 Å². The van der Waals surface area contributed by atoms with Crippen molar-refractivity contribution in [3.8, 4) is 5.75 Å². The molecule has 21 heavy (non-hydrogen) atoms. The van der Waals surface area contributed by atoms with E-state index in [1.807, 2.05) is 6.07 Å². The molecule has 2 rings (SSSR count). The van der Waals surface area contributed by atoms with Gasteiger partial charge in [-0.15, -0.1) is 0 Å². The topological polar surface area (TPSA) is 24.5 Å². The molecule has 1 aromatic carbocycles. The molecule has 0 aromatic heterocycles. The molecule has 1 heterocycles. The zero-order valence-corrected chi connectivity index (χ0v) is 14.3. The second-order valence-corrected chi connectivity index (χ2v) is 6.29. The second kappa shape index (κ2) is 7.37. The Morgan fingerprint density at radius 1 is 1.38 bits per heavy atom. The number of aryl methyl sites for hydroxylation is 1. The van der Waals surface area contributed by atoms with E-state index in [0.717, 1.165) is 35.8 Å². The van der Waals surface area contributed by atoms with Crippen molar-refractivity contribution in [2.24, 2.45) is 0 Å². The van der Waals surface area contributed by atoms with Crippen LogP contribution in [-0.4, -0.2) is 32.3 Å². The summed E-state index contributed by atoms with van der Waals surface area (Å²) in [5.41, 5.74) is 2.28. The standard InChI is InChI=1S/C17H27ClN2O/c1-5-7-13-11-20(14(6-2)10-19-13)16-8-12(3)15(18)9-17(16)21-4/h8-9,13-14,19H,5-7,10-11H2,1-4H3. The van der Waals surface area contributed by atoms with Crippen LogP contribution >= 0.6 is 11.6 Å². The fourth-order valence-corrected chi connectivity index (χ4v) is 3.26. The molecule has 1 N–H and O–H groups in total. The lowest BCUT2D eigenvalue weighted by atomic mass is 10.0. The van der Waals surface area contributed by atoms with Crippen molar-refractivity contribution in [2.75, 3.05) is 25.1 Å². The van der Waals surface area contributed by atoms with Crippen molar-refractivity contribution < 1.29 is 4.74 Å². The van der Waals surface area contributed by atoms with Gasteiger partial charge < -0.3 is 15.0 Å². The summed E-state index contributed by atoms with van der Waals surface area (Å²) >= 11 is 6.24. The number of anilines is 1. The summed E-state index contributed by atoms with van der Waals surface area (Å²) < 4.78 is 5.58. The first kappa shape index (κ1) is 16.4. The maximum Gasteiger partial charge on any atom is 0.143 e. The highest BCUT2D eigenvalue weighted by atomic mass is 35.5. The Morgan fingerprint density at radius 2 is 2.14 bits per heavy atom. The summed E-state index contributed by atoms with van der Waals surface area (Å²) in [4.78, 5) is 2.50. The predicted molar refractivity (Wildman–Crippen MR) is 90.9 cm³/mol. The number of methoxy groups -OCH3 is 1. The van der Waals surface area contributed by atoms with Gasteiger partial charge in [-0.05, 0) is 31.4 Å². The lowest BCUT2D eigenvalue weighted by Crippen LogP contribution is -2.56. The van der Waals surface area contributed by atoms with Gasteiger partial charge in [0.1, 0.15) is 5.75 Å². The Labute approximate surface area is 133 Å². The number of hydrogen-bond acceptors (Lipinski definition) is 3. The third kappa shape index (κ3) is 3.64. The Bertz CT molecular complexity index is 478. The zero-order chi connectivity index (χ0) is 15.4. The van der Waals surface area contributed by atoms with Gasteiger partial charge >= 0.3 is 0 Å². The molecular weight excluding hydrogens is 284 g/mol. The van der Waals surface area contributed by atoms with E-state index in [1.54, 1.807) is 7.11 Å². The fraction of sp³-hybridized carbons (Fsp3) is 0.647. The van der Waals surface area contributed by atoms with Crippen LogP contribution in [0.5, 0.6) is 5.75 Å². The largest absolute Gasteiger partial charge is 0.495 e. The molecule has 1 fully saturated rings. The number of nitrogens with one attached hydrogen (secondary N) is 1. The Balaban J connectivity index is 2.33. The third-order valence-electron chi connectivity index (χ3n) is 4.38. The first-order valence-electron chi connectivity index (χ1n) is 7.94. The number of hydrogen-bond donors (Lipinski definition) is 1. The van der Waals surface area contributed by atoms with Crippen molar-refractivity contribution in [3.05, 3.63) is 22.7 Å². The summed E-state index contributed by atoms with van der Waals surface area (Å²) in [6.07, 6.45) is 3.54. The van der Waals surface area contributed by atoms with E-state index < -0.39 is 0 Å². The van der Waals surface area contributed by atoms with Gasteiger partial charge in [0, 0.05) is 36.3 Å². The molecule has 0 spiro atoms. The Kier molecular flexibility index (Phi) is 5.77. The minimum atomic E-state index is 0.507. The smallest absolute Gasteiger partial charge is 0.143 e. The third-order valence-corrected chi connectivity index (χ3v) is 4.79. The number of nitrogens with zero attached hydrogens (tertiary/aromatic N) is 1. The highest BCUT2D eigenvalue weighted by Gasteiger charge is 2.28. The summed E-state index contributed by atoms with van der Waals surface area (Å²) in [5.74, 6) is 0.876. The number of rotatable bonds is 5. The monoisotopic (exact) mass is 310 g/mol. The Morgan fingerprint density at radius 3 is 2.76 bits per heavy atom. The van der Waals surface area contributed by atoms with Crippen LogP contribution in [0.1, 0.15) is 38.7 Å². The van der Waals surface area contributed by atoms with Gasteiger partial charge in [-0.25, -0.2) is 0 Å². The first-order valence-corrected chi connectivity index (χ1v) is 8.32. The molecule has 1 aliphatic heterocycles. The average molecular weight is 311 g/mol. The van der Waals surface area contributed by atoms with Crippen LogP contribution in [0.3, 0.4) is 0 Å².